The third-order valence-electron chi connectivity index (χ3n) is 3.83. The molecule has 2 rings (SSSR count). The predicted octanol–water partition coefficient (Wildman–Crippen LogP) is 3.30. The van der Waals surface area contributed by atoms with Gasteiger partial charge in [0.1, 0.15) is 11.0 Å². The lowest BCUT2D eigenvalue weighted by Crippen LogP contribution is -2.50. The van der Waals surface area contributed by atoms with E-state index in [1.54, 1.807) is 0 Å². The fraction of sp³-hybridized carbons (Fsp3) is 0.474. The van der Waals surface area contributed by atoms with Gasteiger partial charge in [-0.05, 0) is 11.5 Å². The van der Waals surface area contributed by atoms with Gasteiger partial charge in [-0.3, -0.25) is 10.1 Å². The van der Waals surface area contributed by atoms with Gasteiger partial charge >= 0.3 is 6.03 Å². The van der Waals surface area contributed by atoms with Gasteiger partial charge in [0, 0.05) is 12.0 Å². The van der Waals surface area contributed by atoms with E-state index in [1.807, 2.05) is 65.0 Å². The molecule has 3 N–H and O–H groups in total. The first-order chi connectivity index (χ1) is 12.7. The fourth-order valence-corrected chi connectivity index (χ4v) is 3.07. The Morgan fingerprint density at radius 3 is 2.33 bits per heavy atom. The summed E-state index contributed by atoms with van der Waals surface area (Å²) >= 11 is 1.34. The number of carbonyl (C=O) groups excluding carboxylic acids is 2. The van der Waals surface area contributed by atoms with E-state index in [-0.39, 0.29) is 23.3 Å². The van der Waals surface area contributed by atoms with E-state index < -0.39 is 6.04 Å². The zero-order valence-electron chi connectivity index (χ0n) is 16.4. The summed E-state index contributed by atoms with van der Waals surface area (Å²) in [5.74, 6) is -0.390. The van der Waals surface area contributed by atoms with Crippen LogP contribution in [0.2, 0.25) is 0 Å². The minimum atomic E-state index is -0.678. The molecule has 0 saturated carbocycles. The van der Waals surface area contributed by atoms with Gasteiger partial charge in [0.05, 0.1) is 0 Å². The van der Waals surface area contributed by atoms with Crippen LogP contribution in [0.15, 0.2) is 30.3 Å². The first kappa shape index (κ1) is 20.8. The van der Waals surface area contributed by atoms with Gasteiger partial charge in [-0.25, -0.2) is 4.79 Å². The second kappa shape index (κ2) is 8.94. The number of nitrogens with one attached hydrogen (secondary N) is 3. The van der Waals surface area contributed by atoms with Crippen molar-refractivity contribution in [3.05, 3.63) is 40.9 Å². The Morgan fingerprint density at radius 1 is 1.11 bits per heavy atom. The number of aromatic nitrogens is 2. The number of urea groups is 1. The highest BCUT2D eigenvalue weighted by Crippen LogP contribution is 2.27. The molecular formula is C19H27N5O2S. The van der Waals surface area contributed by atoms with E-state index in [0.29, 0.717) is 11.7 Å². The van der Waals surface area contributed by atoms with Crippen molar-refractivity contribution in [1.82, 2.24) is 20.8 Å². The second-order valence-corrected chi connectivity index (χ2v) is 8.66. The van der Waals surface area contributed by atoms with Crippen LogP contribution in [0.25, 0.3) is 0 Å². The largest absolute Gasteiger partial charge is 0.334 e. The third-order valence-corrected chi connectivity index (χ3v) is 5.09. The van der Waals surface area contributed by atoms with Gasteiger partial charge in [0.2, 0.25) is 11.0 Å². The van der Waals surface area contributed by atoms with Crippen molar-refractivity contribution in [3.8, 4) is 0 Å². The van der Waals surface area contributed by atoms with Crippen LogP contribution in [0.3, 0.4) is 0 Å². The number of hydrogen-bond acceptors (Lipinski definition) is 5. The van der Waals surface area contributed by atoms with E-state index in [9.17, 15) is 9.59 Å². The number of hydrogen-bond donors (Lipinski definition) is 3. The Hall–Kier alpha value is -2.48. The molecule has 1 aromatic carbocycles. The minimum Gasteiger partial charge on any atom is -0.334 e. The molecule has 0 saturated heterocycles. The lowest BCUT2D eigenvalue weighted by Gasteiger charge is -2.21. The number of carbonyl (C=O) groups is 2. The molecule has 7 nitrogen and oxygen atoms in total. The standard InChI is InChI=1S/C19H27N5O2S/c1-12(2)14(21-17(26)20-11-13-9-7-6-8-10-13)15(25)22-18-24-23-16(27-18)19(3,4)5/h6-10,12,14H,11H2,1-5H3,(H2,20,21,26)(H,22,24,25). The molecule has 3 amide bonds. The monoisotopic (exact) mass is 389 g/mol. The Balaban J connectivity index is 1.94. The van der Waals surface area contributed by atoms with Crippen molar-refractivity contribution < 1.29 is 9.59 Å². The van der Waals surface area contributed by atoms with Crippen LogP contribution in [0, 0.1) is 5.92 Å². The maximum Gasteiger partial charge on any atom is 0.315 e. The highest BCUT2D eigenvalue weighted by Gasteiger charge is 2.26. The normalized spacial score (nSPS) is 12.5. The van der Waals surface area contributed by atoms with Crippen molar-refractivity contribution in [3.63, 3.8) is 0 Å². The lowest BCUT2D eigenvalue weighted by atomic mass is 9.98. The maximum atomic E-state index is 12.6. The quantitative estimate of drug-likeness (QED) is 0.706. The number of amides is 3. The number of nitrogens with zero attached hydrogens (tertiary/aromatic N) is 2. The van der Waals surface area contributed by atoms with Crippen LogP contribution in [0.5, 0.6) is 0 Å². The van der Waals surface area contributed by atoms with Crippen LogP contribution in [-0.4, -0.2) is 28.2 Å². The number of rotatable bonds is 6. The van der Waals surface area contributed by atoms with Gasteiger partial charge in [-0.15, -0.1) is 10.2 Å². The Kier molecular flexibility index (Phi) is 6.90. The van der Waals surface area contributed by atoms with Crippen LogP contribution >= 0.6 is 11.3 Å². The molecular weight excluding hydrogens is 362 g/mol. The van der Waals surface area contributed by atoms with E-state index in [4.69, 9.17) is 0 Å². The molecule has 0 aliphatic rings. The summed E-state index contributed by atoms with van der Waals surface area (Å²) in [7, 11) is 0. The van der Waals surface area contributed by atoms with Crippen molar-refractivity contribution in [2.45, 2.75) is 52.6 Å². The zero-order valence-corrected chi connectivity index (χ0v) is 17.2. The average Bonchev–Trinajstić information content (AvgIpc) is 3.07. The average molecular weight is 390 g/mol. The van der Waals surface area contributed by atoms with E-state index >= 15 is 0 Å². The van der Waals surface area contributed by atoms with Gasteiger partial charge in [0.15, 0.2) is 0 Å². The Labute approximate surface area is 164 Å². The van der Waals surface area contributed by atoms with Gasteiger partial charge in [-0.1, -0.05) is 76.3 Å². The molecule has 1 atom stereocenters. The molecule has 0 fully saturated rings. The van der Waals surface area contributed by atoms with E-state index in [2.05, 4.69) is 26.1 Å². The summed E-state index contributed by atoms with van der Waals surface area (Å²) in [5, 5.41) is 17.7. The minimum absolute atomic E-state index is 0.0810. The molecule has 8 heteroatoms. The zero-order chi connectivity index (χ0) is 20.0. The number of benzene rings is 1. The van der Waals surface area contributed by atoms with Crippen LogP contribution in [0.4, 0.5) is 9.93 Å². The van der Waals surface area contributed by atoms with E-state index in [1.165, 1.54) is 11.3 Å². The van der Waals surface area contributed by atoms with Crippen LogP contribution in [0.1, 0.15) is 45.2 Å². The molecule has 0 aliphatic carbocycles. The molecule has 1 aromatic heterocycles. The van der Waals surface area contributed by atoms with Gasteiger partial charge < -0.3 is 10.6 Å². The summed E-state index contributed by atoms with van der Waals surface area (Å²) in [5.41, 5.74) is 0.856. The Bertz CT molecular complexity index is 768. The Morgan fingerprint density at radius 2 is 1.78 bits per heavy atom. The van der Waals surface area contributed by atoms with Crippen molar-refractivity contribution in [2.24, 2.45) is 5.92 Å². The van der Waals surface area contributed by atoms with Crippen molar-refractivity contribution in [1.29, 1.82) is 0 Å². The van der Waals surface area contributed by atoms with Gasteiger partial charge in [-0.2, -0.15) is 0 Å². The molecule has 146 valence electrons. The van der Waals surface area contributed by atoms with Crippen molar-refractivity contribution >= 4 is 28.4 Å². The molecule has 2 aromatic rings. The van der Waals surface area contributed by atoms with Crippen LogP contribution < -0.4 is 16.0 Å². The summed E-state index contributed by atoms with van der Waals surface area (Å²) in [6, 6.07) is 8.52. The molecule has 0 radical (unpaired) electrons. The summed E-state index contributed by atoms with van der Waals surface area (Å²) < 4.78 is 0. The summed E-state index contributed by atoms with van der Waals surface area (Å²) in [6.45, 7) is 10.3. The first-order valence-electron chi connectivity index (χ1n) is 8.90. The topological polar surface area (TPSA) is 96.0 Å². The summed E-state index contributed by atoms with van der Waals surface area (Å²) in [4.78, 5) is 24.8. The second-order valence-electron chi connectivity index (χ2n) is 7.69. The van der Waals surface area contributed by atoms with Gasteiger partial charge in [0.25, 0.3) is 0 Å². The van der Waals surface area contributed by atoms with Crippen LogP contribution in [-0.2, 0) is 16.8 Å². The fourth-order valence-electron chi connectivity index (χ4n) is 2.27. The maximum absolute atomic E-state index is 12.6. The number of anilines is 1. The third kappa shape index (κ3) is 6.32. The molecule has 0 spiro atoms. The van der Waals surface area contributed by atoms with Crippen molar-refractivity contribution in [2.75, 3.05) is 5.32 Å². The predicted molar refractivity (Wildman–Crippen MR) is 108 cm³/mol. The molecule has 1 unspecified atom stereocenters. The molecule has 1 heterocycles. The summed E-state index contributed by atoms with van der Waals surface area (Å²) in [6.07, 6.45) is 0. The molecule has 0 bridgehead atoms. The highest BCUT2D eigenvalue weighted by molar-refractivity contribution is 7.15. The smallest absolute Gasteiger partial charge is 0.315 e. The van der Waals surface area contributed by atoms with E-state index in [0.717, 1.165) is 10.6 Å². The highest BCUT2D eigenvalue weighted by atomic mass is 32.1. The SMILES string of the molecule is CC(C)C(NC(=O)NCc1ccccc1)C(=O)Nc1nnc(C(C)(C)C)s1. The molecule has 27 heavy (non-hydrogen) atoms. The lowest BCUT2D eigenvalue weighted by molar-refractivity contribution is -0.118. The first-order valence-corrected chi connectivity index (χ1v) is 9.71. The molecule has 0 aliphatic heterocycles.